The maximum atomic E-state index is 12.3. The Morgan fingerprint density at radius 3 is 2.30 bits per heavy atom. The van der Waals surface area contributed by atoms with Gasteiger partial charge in [-0.25, -0.2) is 8.42 Å². The first-order chi connectivity index (χ1) is 11.1. The summed E-state index contributed by atoms with van der Waals surface area (Å²) in [5.74, 6) is 1.15. The van der Waals surface area contributed by atoms with E-state index in [0.717, 1.165) is 27.9 Å². The minimum absolute atomic E-state index is 0.157. The Morgan fingerprint density at radius 2 is 1.52 bits per heavy atom. The minimum Gasteiger partial charge on any atom is -0.461 e. The summed E-state index contributed by atoms with van der Waals surface area (Å²) in [6, 6.07) is 17.5. The van der Waals surface area contributed by atoms with Crippen LogP contribution in [0, 0.1) is 6.92 Å². The number of para-hydroxylation sites is 1. The zero-order valence-corrected chi connectivity index (χ0v) is 14.0. The molecule has 0 saturated heterocycles. The molecule has 1 aromatic heterocycles. The first-order valence-electron chi connectivity index (χ1n) is 7.76. The van der Waals surface area contributed by atoms with Crippen LogP contribution in [0.2, 0.25) is 0 Å². The molecular formula is C19H20O3S. The molecule has 0 fully saturated rings. The van der Waals surface area contributed by atoms with Crippen LogP contribution in [0.3, 0.4) is 0 Å². The van der Waals surface area contributed by atoms with E-state index in [1.165, 1.54) is 0 Å². The number of hydrogen-bond donors (Lipinski definition) is 0. The van der Waals surface area contributed by atoms with Crippen molar-refractivity contribution >= 4 is 20.8 Å². The monoisotopic (exact) mass is 328 g/mol. The third kappa shape index (κ3) is 3.82. The number of rotatable bonds is 6. The second kappa shape index (κ2) is 6.59. The molecule has 3 rings (SSSR count). The summed E-state index contributed by atoms with van der Waals surface area (Å²) in [6.07, 6.45) is 1.06. The zero-order chi connectivity index (χ0) is 16.3. The Kier molecular flexibility index (Phi) is 4.53. The van der Waals surface area contributed by atoms with Gasteiger partial charge in [0.05, 0.1) is 11.5 Å². The van der Waals surface area contributed by atoms with Gasteiger partial charge in [0.25, 0.3) is 0 Å². The van der Waals surface area contributed by atoms with Crippen molar-refractivity contribution in [3.63, 3.8) is 0 Å². The normalized spacial score (nSPS) is 11.9. The van der Waals surface area contributed by atoms with Gasteiger partial charge in [0, 0.05) is 10.9 Å². The number of benzene rings is 2. The van der Waals surface area contributed by atoms with E-state index >= 15 is 0 Å². The van der Waals surface area contributed by atoms with Crippen LogP contribution in [0.25, 0.3) is 11.0 Å². The van der Waals surface area contributed by atoms with Crippen molar-refractivity contribution in [2.45, 2.75) is 19.8 Å². The van der Waals surface area contributed by atoms with Gasteiger partial charge in [-0.3, -0.25) is 0 Å². The molecule has 0 amide bonds. The Bertz CT molecular complexity index is 893. The molecule has 0 aliphatic carbocycles. The largest absolute Gasteiger partial charge is 0.461 e. The average Bonchev–Trinajstić information content (AvgIpc) is 2.87. The van der Waals surface area contributed by atoms with Crippen molar-refractivity contribution in [3.05, 3.63) is 71.5 Å². The average molecular weight is 328 g/mol. The van der Waals surface area contributed by atoms with Crippen LogP contribution in [0.1, 0.15) is 16.9 Å². The van der Waals surface area contributed by atoms with Gasteiger partial charge in [0.1, 0.15) is 11.3 Å². The van der Waals surface area contributed by atoms with Crippen molar-refractivity contribution in [3.8, 4) is 0 Å². The molecule has 0 aliphatic rings. The highest BCUT2D eigenvalue weighted by Crippen LogP contribution is 2.25. The lowest BCUT2D eigenvalue weighted by molar-refractivity contribution is 0.571. The Balaban J connectivity index is 1.67. The van der Waals surface area contributed by atoms with E-state index in [-0.39, 0.29) is 11.5 Å². The zero-order valence-electron chi connectivity index (χ0n) is 13.2. The van der Waals surface area contributed by atoms with Gasteiger partial charge in [0.2, 0.25) is 0 Å². The van der Waals surface area contributed by atoms with E-state index in [1.807, 2.05) is 61.5 Å². The topological polar surface area (TPSA) is 47.3 Å². The van der Waals surface area contributed by atoms with Gasteiger partial charge in [-0.1, -0.05) is 48.5 Å². The lowest BCUT2D eigenvalue weighted by Crippen LogP contribution is -2.15. The standard InChI is InChI=1S/C19H20O3S/c1-15-17(18-9-5-6-10-19(18)22-15)12-14-23(20,21)13-11-16-7-3-2-4-8-16/h2-10H,11-14H2,1H3. The predicted octanol–water partition coefficient (Wildman–Crippen LogP) is 3.94. The lowest BCUT2D eigenvalue weighted by Gasteiger charge is -2.05. The van der Waals surface area contributed by atoms with Crippen molar-refractivity contribution in [2.75, 3.05) is 11.5 Å². The molecule has 3 nitrogen and oxygen atoms in total. The smallest absolute Gasteiger partial charge is 0.150 e. The van der Waals surface area contributed by atoms with Crippen LogP contribution in [-0.2, 0) is 22.7 Å². The highest BCUT2D eigenvalue weighted by molar-refractivity contribution is 7.91. The second-order valence-electron chi connectivity index (χ2n) is 5.77. The number of furan rings is 1. The fourth-order valence-corrected chi connectivity index (χ4v) is 4.08. The van der Waals surface area contributed by atoms with Crippen LogP contribution >= 0.6 is 0 Å². The van der Waals surface area contributed by atoms with E-state index in [4.69, 9.17) is 4.42 Å². The second-order valence-corrected chi connectivity index (χ2v) is 8.07. The van der Waals surface area contributed by atoms with Crippen LogP contribution < -0.4 is 0 Å². The Labute approximate surface area is 136 Å². The summed E-state index contributed by atoms with van der Waals surface area (Å²) < 4.78 is 30.3. The summed E-state index contributed by atoms with van der Waals surface area (Å²) >= 11 is 0. The Hall–Kier alpha value is -2.07. The van der Waals surface area contributed by atoms with Crippen LogP contribution in [0.15, 0.2) is 59.0 Å². The van der Waals surface area contributed by atoms with E-state index in [1.54, 1.807) is 0 Å². The number of aryl methyl sites for hydroxylation is 3. The van der Waals surface area contributed by atoms with Crippen LogP contribution in [-0.4, -0.2) is 19.9 Å². The van der Waals surface area contributed by atoms with Crippen LogP contribution in [0.4, 0.5) is 0 Å². The fourth-order valence-electron chi connectivity index (χ4n) is 2.81. The van der Waals surface area contributed by atoms with E-state index in [9.17, 15) is 8.42 Å². The van der Waals surface area contributed by atoms with Gasteiger partial charge in [-0.2, -0.15) is 0 Å². The van der Waals surface area contributed by atoms with E-state index < -0.39 is 9.84 Å². The van der Waals surface area contributed by atoms with Gasteiger partial charge in [-0.15, -0.1) is 0 Å². The molecule has 1 heterocycles. The highest BCUT2D eigenvalue weighted by Gasteiger charge is 2.16. The summed E-state index contributed by atoms with van der Waals surface area (Å²) in [5.41, 5.74) is 2.88. The molecule has 0 bridgehead atoms. The van der Waals surface area contributed by atoms with Crippen molar-refractivity contribution in [1.82, 2.24) is 0 Å². The summed E-state index contributed by atoms with van der Waals surface area (Å²) in [4.78, 5) is 0. The molecule has 23 heavy (non-hydrogen) atoms. The SMILES string of the molecule is Cc1oc2ccccc2c1CCS(=O)(=O)CCc1ccccc1. The van der Waals surface area contributed by atoms with Gasteiger partial charge >= 0.3 is 0 Å². The first-order valence-corrected chi connectivity index (χ1v) is 9.59. The Morgan fingerprint density at radius 1 is 0.870 bits per heavy atom. The summed E-state index contributed by atoms with van der Waals surface area (Å²) in [5, 5.41) is 1.02. The third-order valence-electron chi connectivity index (χ3n) is 4.11. The van der Waals surface area contributed by atoms with Crippen LogP contribution in [0.5, 0.6) is 0 Å². The molecule has 120 valence electrons. The van der Waals surface area contributed by atoms with Gasteiger partial charge < -0.3 is 4.42 Å². The molecule has 0 radical (unpaired) electrons. The molecule has 0 N–H and O–H groups in total. The molecular weight excluding hydrogens is 308 g/mol. The molecule has 0 aliphatic heterocycles. The number of fused-ring (bicyclic) bond motifs is 1. The maximum Gasteiger partial charge on any atom is 0.150 e. The quantitative estimate of drug-likeness (QED) is 0.688. The molecule has 0 saturated carbocycles. The van der Waals surface area contributed by atoms with E-state index in [2.05, 4.69) is 0 Å². The minimum atomic E-state index is -3.08. The molecule has 0 atom stereocenters. The van der Waals surface area contributed by atoms with E-state index in [0.29, 0.717) is 12.8 Å². The van der Waals surface area contributed by atoms with Crippen molar-refractivity contribution < 1.29 is 12.8 Å². The summed E-state index contributed by atoms with van der Waals surface area (Å²) in [7, 11) is -3.08. The number of hydrogen-bond acceptors (Lipinski definition) is 3. The molecule has 0 unspecified atom stereocenters. The first kappa shape index (κ1) is 15.8. The summed E-state index contributed by atoms with van der Waals surface area (Å²) in [6.45, 7) is 1.89. The molecule has 3 aromatic rings. The van der Waals surface area contributed by atoms with Gasteiger partial charge in [-0.05, 0) is 31.4 Å². The predicted molar refractivity (Wildman–Crippen MR) is 93.5 cm³/mol. The third-order valence-corrected chi connectivity index (χ3v) is 5.76. The lowest BCUT2D eigenvalue weighted by atomic mass is 10.1. The van der Waals surface area contributed by atoms with Gasteiger partial charge in [0.15, 0.2) is 9.84 Å². The molecule has 2 aromatic carbocycles. The van der Waals surface area contributed by atoms with Crippen molar-refractivity contribution in [1.29, 1.82) is 0 Å². The van der Waals surface area contributed by atoms with Crippen molar-refractivity contribution in [2.24, 2.45) is 0 Å². The fraction of sp³-hybridized carbons (Fsp3) is 0.263. The maximum absolute atomic E-state index is 12.3. The molecule has 4 heteroatoms. The molecule has 0 spiro atoms. The number of sulfone groups is 1. The highest BCUT2D eigenvalue weighted by atomic mass is 32.2.